The molecule has 0 fully saturated rings. The van der Waals surface area contributed by atoms with Gasteiger partial charge in [-0.2, -0.15) is 0 Å². The summed E-state index contributed by atoms with van der Waals surface area (Å²) < 4.78 is 0. The highest BCUT2D eigenvalue weighted by Gasteiger charge is 2.12. The minimum atomic E-state index is -0.210. The minimum absolute atomic E-state index is 0.109. The van der Waals surface area contributed by atoms with Crippen LogP contribution in [0.4, 0.5) is 5.13 Å². The highest BCUT2D eigenvalue weighted by Crippen LogP contribution is 2.16. The van der Waals surface area contributed by atoms with E-state index in [2.05, 4.69) is 20.9 Å². The standard InChI is InChI=1S/C19H24N4O3S/c1-13(2)18(26)23-19-22-15(12-27-19)10-17(25)20-9-8-16(24)21-11-14-6-4-3-5-7-14/h3-7,12-13H,8-11H2,1-2H3,(H,20,25)(H,21,24)(H,22,23,26). The second-order valence-corrected chi connectivity index (χ2v) is 7.19. The summed E-state index contributed by atoms with van der Waals surface area (Å²) >= 11 is 1.28. The summed E-state index contributed by atoms with van der Waals surface area (Å²) in [6, 6.07) is 9.63. The van der Waals surface area contributed by atoms with Gasteiger partial charge in [0.05, 0.1) is 12.1 Å². The molecule has 0 spiro atoms. The molecule has 0 aliphatic carbocycles. The molecule has 3 amide bonds. The van der Waals surface area contributed by atoms with E-state index in [4.69, 9.17) is 0 Å². The average molecular weight is 388 g/mol. The minimum Gasteiger partial charge on any atom is -0.355 e. The molecule has 3 N–H and O–H groups in total. The Balaban J connectivity index is 1.65. The van der Waals surface area contributed by atoms with Crippen LogP contribution in [0.2, 0.25) is 0 Å². The fraction of sp³-hybridized carbons (Fsp3) is 0.368. The van der Waals surface area contributed by atoms with Crippen molar-refractivity contribution < 1.29 is 14.4 Å². The van der Waals surface area contributed by atoms with E-state index in [0.29, 0.717) is 17.4 Å². The van der Waals surface area contributed by atoms with Crippen molar-refractivity contribution in [2.45, 2.75) is 33.2 Å². The van der Waals surface area contributed by atoms with Gasteiger partial charge in [-0.3, -0.25) is 14.4 Å². The molecule has 0 aliphatic heterocycles. The van der Waals surface area contributed by atoms with Crippen LogP contribution in [0.1, 0.15) is 31.5 Å². The van der Waals surface area contributed by atoms with E-state index in [1.54, 1.807) is 19.2 Å². The zero-order valence-corrected chi connectivity index (χ0v) is 16.3. The van der Waals surface area contributed by atoms with Crippen LogP contribution in [-0.4, -0.2) is 29.3 Å². The SMILES string of the molecule is CC(C)C(=O)Nc1nc(CC(=O)NCCC(=O)NCc2ccccc2)cs1. The third-order valence-electron chi connectivity index (χ3n) is 3.65. The third-order valence-corrected chi connectivity index (χ3v) is 4.46. The van der Waals surface area contributed by atoms with Crippen molar-refractivity contribution in [3.8, 4) is 0 Å². The molecule has 0 saturated carbocycles. The van der Waals surface area contributed by atoms with Crippen LogP contribution >= 0.6 is 11.3 Å². The van der Waals surface area contributed by atoms with E-state index in [-0.39, 0.29) is 43.0 Å². The summed E-state index contributed by atoms with van der Waals surface area (Å²) in [5.74, 6) is -0.569. The van der Waals surface area contributed by atoms with Crippen molar-refractivity contribution >= 4 is 34.2 Å². The summed E-state index contributed by atoms with van der Waals surface area (Å²) in [7, 11) is 0. The molecule has 2 aromatic rings. The quantitative estimate of drug-likeness (QED) is 0.612. The first-order valence-electron chi connectivity index (χ1n) is 8.76. The molecule has 2 rings (SSSR count). The maximum Gasteiger partial charge on any atom is 0.228 e. The average Bonchev–Trinajstić information content (AvgIpc) is 3.07. The molecule has 0 radical (unpaired) electrons. The first kappa shape index (κ1) is 20.6. The number of nitrogens with zero attached hydrogens (tertiary/aromatic N) is 1. The predicted octanol–water partition coefficient (Wildman–Crippen LogP) is 2.10. The second-order valence-electron chi connectivity index (χ2n) is 6.33. The Morgan fingerprint density at radius 3 is 2.52 bits per heavy atom. The molecule has 1 aromatic carbocycles. The number of nitrogens with one attached hydrogen (secondary N) is 3. The van der Waals surface area contributed by atoms with Crippen LogP contribution in [0.3, 0.4) is 0 Å². The maximum atomic E-state index is 11.9. The van der Waals surface area contributed by atoms with Crippen LogP contribution in [0, 0.1) is 5.92 Å². The lowest BCUT2D eigenvalue weighted by atomic mass is 10.2. The smallest absolute Gasteiger partial charge is 0.228 e. The van der Waals surface area contributed by atoms with Crippen molar-refractivity contribution in [1.29, 1.82) is 0 Å². The maximum absolute atomic E-state index is 11.9. The van der Waals surface area contributed by atoms with Gasteiger partial charge >= 0.3 is 0 Å². The number of benzene rings is 1. The molecule has 8 heteroatoms. The van der Waals surface area contributed by atoms with E-state index in [1.165, 1.54) is 11.3 Å². The number of carbonyl (C=O) groups is 3. The molecule has 0 saturated heterocycles. The number of anilines is 1. The van der Waals surface area contributed by atoms with Gasteiger partial charge in [-0.25, -0.2) is 4.98 Å². The molecule has 27 heavy (non-hydrogen) atoms. The number of aromatic nitrogens is 1. The van der Waals surface area contributed by atoms with Crippen molar-refractivity contribution in [1.82, 2.24) is 15.6 Å². The van der Waals surface area contributed by atoms with Gasteiger partial charge in [-0.15, -0.1) is 11.3 Å². The number of amides is 3. The summed E-state index contributed by atoms with van der Waals surface area (Å²) in [4.78, 5) is 39.6. The monoisotopic (exact) mass is 388 g/mol. The van der Waals surface area contributed by atoms with E-state index in [0.717, 1.165) is 5.56 Å². The summed E-state index contributed by atoms with van der Waals surface area (Å²) in [5, 5.41) is 10.4. The van der Waals surface area contributed by atoms with Gasteiger partial charge in [-0.05, 0) is 5.56 Å². The van der Waals surface area contributed by atoms with Gasteiger partial charge in [0.1, 0.15) is 0 Å². The molecule has 7 nitrogen and oxygen atoms in total. The number of thiazole rings is 1. The molecule has 1 heterocycles. The van der Waals surface area contributed by atoms with Gasteiger partial charge in [0.2, 0.25) is 17.7 Å². The zero-order valence-electron chi connectivity index (χ0n) is 15.5. The van der Waals surface area contributed by atoms with E-state index in [9.17, 15) is 14.4 Å². The highest BCUT2D eigenvalue weighted by molar-refractivity contribution is 7.13. The van der Waals surface area contributed by atoms with E-state index >= 15 is 0 Å². The van der Waals surface area contributed by atoms with Crippen LogP contribution in [-0.2, 0) is 27.3 Å². The first-order valence-corrected chi connectivity index (χ1v) is 9.64. The van der Waals surface area contributed by atoms with Crippen LogP contribution in [0.5, 0.6) is 0 Å². The fourth-order valence-corrected chi connectivity index (χ4v) is 2.84. The van der Waals surface area contributed by atoms with Gasteiger partial charge in [0.15, 0.2) is 5.13 Å². The van der Waals surface area contributed by atoms with Crippen LogP contribution in [0.15, 0.2) is 35.7 Å². The summed E-state index contributed by atoms with van der Waals surface area (Å²) in [5.41, 5.74) is 1.61. The van der Waals surface area contributed by atoms with Gasteiger partial charge < -0.3 is 16.0 Å². The Hall–Kier alpha value is -2.74. The third kappa shape index (κ3) is 7.57. The molecule has 144 valence electrons. The molecule has 1 aromatic heterocycles. The number of rotatable bonds is 9. The Morgan fingerprint density at radius 2 is 1.81 bits per heavy atom. The largest absolute Gasteiger partial charge is 0.355 e. The fourth-order valence-electron chi connectivity index (χ4n) is 2.12. The normalized spacial score (nSPS) is 10.5. The van der Waals surface area contributed by atoms with Crippen LogP contribution < -0.4 is 16.0 Å². The molecule has 0 unspecified atom stereocenters. The van der Waals surface area contributed by atoms with Gasteiger partial charge in [-0.1, -0.05) is 44.2 Å². The van der Waals surface area contributed by atoms with Crippen molar-refractivity contribution in [3.63, 3.8) is 0 Å². The lowest BCUT2D eigenvalue weighted by molar-refractivity contribution is -0.122. The summed E-state index contributed by atoms with van der Waals surface area (Å²) in [6.45, 7) is 4.33. The lowest BCUT2D eigenvalue weighted by Gasteiger charge is -2.06. The Labute approximate surface area is 162 Å². The van der Waals surface area contributed by atoms with Crippen molar-refractivity contribution in [2.75, 3.05) is 11.9 Å². The Kier molecular flexibility index (Phi) is 7.94. The molecule has 0 atom stereocenters. The predicted molar refractivity (Wildman–Crippen MR) is 105 cm³/mol. The van der Waals surface area contributed by atoms with Crippen molar-refractivity contribution in [3.05, 3.63) is 47.0 Å². The van der Waals surface area contributed by atoms with Gasteiger partial charge in [0, 0.05) is 30.8 Å². The number of hydrogen-bond donors (Lipinski definition) is 3. The second kappa shape index (κ2) is 10.4. The van der Waals surface area contributed by atoms with E-state index in [1.807, 2.05) is 30.3 Å². The molecular formula is C19H24N4O3S. The van der Waals surface area contributed by atoms with E-state index < -0.39 is 0 Å². The van der Waals surface area contributed by atoms with Crippen molar-refractivity contribution in [2.24, 2.45) is 5.92 Å². The first-order chi connectivity index (χ1) is 12.9. The molecule has 0 bridgehead atoms. The molecule has 0 aliphatic rings. The topological polar surface area (TPSA) is 100 Å². The zero-order chi connectivity index (χ0) is 19.6. The highest BCUT2D eigenvalue weighted by atomic mass is 32.1. The van der Waals surface area contributed by atoms with Gasteiger partial charge in [0.25, 0.3) is 0 Å². The summed E-state index contributed by atoms with van der Waals surface area (Å²) in [6.07, 6.45) is 0.324. The Morgan fingerprint density at radius 1 is 1.07 bits per heavy atom. The van der Waals surface area contributed by atoms with Crippen LogP contribution in [0.25, 0.3) is 0 Å². The lowest BCUT2D eigenvalue weighted by Crippen LogP contribution is -2.31. The number of carbonyl (C=O) groups excluding carboxylic acids is 3. The number of hydrogen-bond acceptors (Lipinski definition) is 5. The Bertz CT molecular complexity index is 774. The molecular weight excluding hydrogens is 364 g/mol.